The minimum atomic E-state index is 0.712. The number of benzene rings is 1. The van der Waals surface area contributed by atoms with Crippen LogP contribution < -0.4 is 15.0 Å². The zero-order valence-corrected chi connectivity index (χ0v) is 9.77. The molecule has 0 spiro atoms. The summed E-state index contributed by atoms with van der Waals surface area (Å²) in [6.45, 7) is 3.08. The van der Waals surface area contributed by atoms with Crippen LogP contribution in [0.15, 0.2) is 18.2 Å². The van der Waals surface area contributed by atoms with E-state index >= 15 is 0 Å². The van der Waals surface area contributed by atoms with Crippen LogP contribution in [-0.4, -0.2) is 33.4 Å². The highest BCUT2D eigenvalue weighted by atomic mass is 16.5. The van der Waals surface area contributed by atoms with Crippen molar-refractivity contribution in [1.82, 2.24) is 0 Å². The molecular weight excluding hydrogens is 218 g/mol. The summed E-state index contributed by atoms with van der Waals surface area (Å²) in [6, 6.07) is 5.63. The number of morpholine rings is 1. The number of rotatable bonds is 3. The van der Waals surface area contributed by atoms with Crippen molar-refractivity contribution in [2.45, 2.75) is 0 Å². The van der Waals surface area contributed by atoms with Gasteiger partial charge in [-0.1, -0.05) is 0 Å². The molecule has 5 nitrogen and oxygen atoms in total. The first-order chi connectivity index (χ1) is 8.35. The molecule has 17 heavy (non-hydrogen) atoms. The van der Waals surface area contributed by atoms with E-state index in [2.05, 4.69) is 10.2 Å². The number of nitrogens with zero attached hydrogens (tertiary/aromatic N) is 2. The number of nitriles is 1. The van der Waals surface area contributed by atoms with Crippen molar-refractivity contribution in [3.05, 3.63) is 18.2 Å². The third-order valence-electron chi connectivity index (χ3n) is 2.75. The van der Waals surface area contributed by atoms with Gasteiger partial charge in [0, 0.05) is 19.2 Å². The van der Waals surface area contributed by atoms with Crippen LogP contribution in [0.1, 0.15) is 0 Å². The number of methoxy groups -OCH3 is 1. The lowest BCUT2D eigenvalue weighted by molar-refractivity contribution is 0.122. The van der Waals surface area contributed by atoms with E-state index in [1.165, 1.54) is 0 Å². The van der Waals surface area contributed by atoms with Gasteiger partial charge < -0.3 is 14.4 Å². The molecule has 0 amide bonds. The average Bonchev–Trinajstić information content (AvgIpc) is 2.40. The highest BCUT2D eigenvalue weighted by molar-refractivity contribution is 5.73. The predicted molar refractivity (Wildman–Crippen MR) is 65.3 cm³/mol. The van der Waals surface area contributed by atoms with E-state index in [4.69, 9.17) is 14.7 Å². The first kappa shape index (κ1) is 11.6. The first-order valence-electron chi connectivity index (χ1n) is 5.51. The van der Waals surface area contributed by atoms with Gasteiger partial charge in [-0.3, -0.25) is 5.32 Å². The normalized spacial score (nSPS) is 15.2. The molecule has 1 aromatic carbocycles. The van der Waals surface area contributed by atoms with Gasteiger partial charge in [-0.25, -0.2) is 0 Å². The predicted octanol–water partition coefficient (Wildman–Crippen LogP) is 1.42. The SMILES string of the molecule is COc1ccc(NC#N)c(N2CCOCC2)c1. The quantitative estimate of drug-likeness (QED) is 0.632. The van der Waals surface area contributed by atoms with Crippen molar-refractivity contribution in [1.29, 1.82) is 5.26 Å². The first-order valence-corrected chi connectivity index (χ1v) is 5.51. The highest BCUT2D eigenvalue weighted by Gasteiger charge is 2.15. The number of ether oxygens (including phenoxy) is 2. The summed E-state index contributed by atoms with van der Waals surface area (Å²) in [4.78, 5) is 2.19. The van der Waals surface area contributed by atoms with E-state index in [0.29, 0.717) is 13.2 Å². The Morgan fingerprint density at radius 1 is 1.41 bits per heavy atom. The van der Waals surface area contributed by atoms with Gasteiger partial charge in [0.15, 0.2) is 6.19 Å². The van der Waals surface area contributed by atoms with Crippen LogP contribution in [0.5, 0.6) is 5.75 Å². The van der Waals surface area contributed by atoms with Crippen molar-refractivity contribution < 1.29 is 9.47 Å². The molecule has 0 unspecified atom stereocenters. The van der Waals surface area contributed by atoms with Crippen LogP contribution in [0.4, 0.5) is 11.4 Å². The molecule has 0 radical (unpaired) electrons. The van der Waals surface area contributed by atoms with Crippen LogP contribution in [0.2, 0.25) is 0 Å². The molecule has 1 aliphatic heterocycles. The molecule has 1 saturated heterocycles. The van der Waals surface area contributed by atoms with Crippen molar-refractivity contribution >= 4 is 11.4 Å². The van der Waals surface area contributed by atoms with E-state index in [1.54, 1.807) is 7.11 Å². The summed E-state index contributed by atoms with van der Waals surface area (Å²) >= 11 is 0. The fourth-order valence-corrected chi connectivity index (χ4v) is 1.87. The number of nitrogens with one attached hydrogen (secondary N) is 1. The number of hydrogen-bond acceptors (Lipinski definition) is 5. The Morgan fingerprint density at radius 2 is 2.18 bits per heavy atom. The van der Waals surface area contributed by atoms with Crippen LogP contribution in [-0.2, 0) is 4.74 Å². The zero-order chi connectivity index (χ0) is 12.1. The van der Waals surface area contributed by atoms with E-state index < -0.39 is 0 Å². The minimum absolute atomic E-state index is 0.712. The molecule has 1 N–H and O–H groups in total. The standard InChI is InChI=1S/C12H15N3O2/c1-16-10-2-3-11(14-9-13)12(8-10)15-4-6-17-7-5-15/h2-3,8,14H,4-7H2,1H3. The Hall–Kier alpha value is -1.93. The lowest BCUT2D eigenvalue weighted by Crippen LogP contribution is -2.36. The van der Waals surface area contributed by atoms with Crippen LogP contribution in [0.3, 0.4) is 0 Å². The maximum absolute atomic E-state index is 8.73. The molecule has 0 bridgehead atoms. The van der Waals surface area contributed by atoms with E-state index in [-0.39, 0.29) is 0 Å². The topological polar surface area (TPSA) is 57.5 Å². The molecule has 0 aliphatic carbocycles. The highest BCUT2D eigenvalue weighted by Crippen LogP contribution is 2.30. The van der Waals surface area contributed by atoms with Gasteiger partial charge in [0.2, 0.25) is 0 Å². The van der Waals surface area contributed by atoms with Crippen LogP contribution >= 0.6 is 0 Å². The number of hydrogen-bond donors (Lipinski definition) is 1. The van der Waals surface area contributed by atoms with E-state index in [9.17, 15) is 0 Å². The molecule has 5 heteroatoms. The molecule has 1 aromatic rings. The lowest BCUT2D eigenvalue weighted by atomic mass is 10.2. The average molecular weight is 233 g/mol. The van der Waals surface area contributed by atoms with Crippen molar-refractivity contribution in [3.63, 3.8) is 0 Å². The molecule has 0 atom stereocenters. The summed E-state index contributed by atoms with van der Waals surface area (Å²) in [7, 11) is 1.63. The summed E-state index contributed by atoms with van der Waals surface area (Å²) in [5.41, 5.74) is 1.78. The summed E-state index contributed by atoms with van der Waals surface area (Å²) in [5, 5.41) is 11.4. The fourth-order valence-electron chi connectivity index (χ4n) is 1.87. The number of anilines is 2. The molecule has 0 aromatic heterocycles. The molecular formula is C12H15N3O2. The van der Waals surface area contributed by atoms with Crippen molar-refractivity contribution in [3.8, 4) is 11.9 Å². The fraction of sp³-hybridized carbons (Fsp3) is 0.417. The summed E-state index contributed by atoms with van der Waals surface area (Å²) in [5.74, 6) is 0.787. The van der Waals surface area contributed by atoms with Gasteiger partial charge in [0.25, 0.3) is 0 Å². The van der Waals surface area contributed by atoms with Crippen molar-refractivity contribution in [2.24, 2.45) is 0 Å². The van der Waals surface area contributed by atoms with Gasteiger partial charge >= 0.3 is 0 Å². The van der Waals surface area contributed by atoms with Crippen molar-refractivity contribution in [2.75, 3.05) is 43.6 Å². The second kappa shape index (κ2) is 5.41. The Morgan fingerprint density at radius 3 is 2.82 bits per heavy atom. The maximum atomic E-state index is 8.73. The Kier molecular flexibility index (Phi) is 3.68. The molecule has 2 rings (SSSR count). The Bertz CT molecular complexity index is 422. The maximum Gasteiger partial charge on any atom is 0.181 e. The largest absolute Gasteiger partial charge is 0.497 e. The lowest BCUT2D eigenvalue weighted by Gasteiger charge is -2.30. The van der Waals surface area contributed by atoms with Gasteiger partial charge in [0.1, 0.15) is 5.75 Å². The molecule has 0 saturated carbocycles. The van der Waals surface area contributed by atoms with Gasteiger partial charge in [-0.2, -0.15) is 5.26 Å². The summed E-state index contributed by atoms with van der Waals surface area (Å²) < 4.78 is 10.5. The molecule has 90 valence electrons. The minimum Gasteiger partial charge on any atom is -0.497 e. The van der Waals surface area contributed by atoms with Gasteiger partial charge in [-0.05, 0) is 12.1 Å². The smallest absolute Gasteiger partial charge is 0.181 e. The molecule has 1 fully saturated rings. The monoisotopic (exact) mass is 233 g/mol. The van der Waals surface area contributed by atoms with E-state index in [1.807, 2.05) is 24.4 Å². The third kappa shape index (κ3) is 2.60. The zero-order valence-electron chi connectivity index (χ0n) is 9.77. The molecule has 1 aliphatic rings. The van der Waals surface area contributed by atoms with Gasteiger partial charge in [-0.15, -0.1) is 0 Å². The molecule has 1 heterocycles. The Balaban J connectivity index is 2.30. The summed E-state index contributed by atoms with van der Waals surface area (Å²) in [6.07, 6.45) is 1.95. The van der Waals surface area contributed by atoms with Crippen LogP contribution in [0.25, 0.3) is 0 Å². The van der Waals surface area contributed by atoms with E-state index in [0.717, 1.165) is 30.2 Å². The van der Waals surface area contributed by atoms with Crippen LogP contribution in [0, 0.1) is 11.5 Å². The second-order valence-corrected chi connectivity index (χ2v) is 3.72. The Labute approximate surface area is 101 Å². The van der Waals surface area contributed by atoms with Gasteiger partial charge in [0.05, 0.1) is 31.7 Å². The second-order valence-electron chi connectivity index (χ2n) is 3.72. The third-order valence-corrected chi connectivity index (χ3v) is 2.75.